The quantitative estimate of drug-likeness (QED) is 0.674. The Labute approximate surface area is 92.3 Å². The summed E-state index contributed by atoms with van der Waals surface area (Å²) < 4.78 is 5.44. The fourth-order valence-corrected chi connectivity index (χ4v) is 3.48. The van der Waals surface area contributed by atoms with Gasteiger partial charge in [-0.2, -0.15) is 0 Å². The van der Waals surface area contributed by atoms with Crippen LogP contribution in [0.15, 0.2) is 11.6 Å². The smallest absolute Gasteiger partial charge is 0.0716 e. The number of rotatable bonds is 1. The van der Waals surface area contributed by atoms with Gasteiger partial charge in [-0.25, -0.2) is 0 Å². The van der Waals surface area contributed by atoms with Gasteiger partial charge in [-0.05, 0) is 46.0 Å². The third-order valence-corrected chi connectivity index (χ3v) is 4.67. The van der Waals surface area contributed by atoms with Gasteiger partial charge in [0.15, 0.2) is 0 Å². The second-order valence-electron chi connectivity index (χ2n) is 5.38. The SMILES string of the molecule is CO[C@H]1CC[C@]2(C1)C(C)=CCC[C@@]2(C)O. The molecule has 0 amide bonds. The Balaban J connectivity index is 2.31. The van der Waals surface area contributed by atoms with Crippen LogP contribution in [-0.4, -0.2) is 23.9 Å². The largest absolute Gasteiger partial charge is 0.389 e. The zero-order valence-electron chi connectivity index (χ0n) is 10.0. The Kier molecular flexibility index (Phi) is 2.68. The van der Waals surface area contributed by atoms with E-state index in [4.69, 9.17) is 4.74 Å². The highest BCUT2D eigenvalue weighted by atomic mass is 16.5. The van der Waals surface area contributed by atoms with E-state index < -0.39 is 5.60 Å². The second-order valence-corrected chi connectivity index (χ2v) is 5.38. The van der Waals surface area contributed by atoms with Crippen LogP contribution in [0, 0.1) is 5.41 Å². The molecule has 0 aliphatic heterocycles. The van der Waals surface area contributed by atoms with Crippen LogP contribution >= 0.6 is 0 Å². The minimum Gasteiger partial charge on any atom is -0.389 e. The molecule has 2 rings (SSSR count). The molecule has 2 aliphatic carbocycles. The van der Waals surface area contributed by atoms with Crippen LogP contribution in [0.5, 0.6) is 0 Å². The molecule has 2 aliphatic rings. The van der Waals surface area contributed by atoms with Crippen molar-refractivity contribution in [1.82, 2.24) is 0 Å². The maximum absolute atomic E-state index is 10.6. The summed E-state index contributed by atoms with van der Waals surface area (Å²) in [6.07, 6.45) is 7.67. The predicted molar refractivity (Wildman–Crippen MR) is 60.7 cm³/mol. The molecule has 0 heterocycles. The fourth-order valence-electron chi connectivity index (χ4n) is 3.48. The first kappa shape index (κ1) is 11.2. The molecule has 0 radical (unpaired) electrons. The van der Waals surface area contributed by atoms with Gasteiger partial charge in [0.1, 0.15) is 0 Å². The van der Waals surface area contributed by atoms with Crippen LogP contribution in [0.4, 0.5) is 0 Å². The van der Waals surface area contributed by atoms with Gasteiger partial charge in [-0.3, -0.25) is 0 Å². The van der Waals surface area contributed by atoms with Crippen molar-refractivity contribution in [1.29, 1.82) is 0 Å². The van der Waals surface area contributed by atoms with Gasteiger partial charge in [-0.15, -0.1) is 0 Å². The Morgan fingerprint density at radius 3 is 2.73 bits per heavy atom. The van der Waals surface area contributed by atoms with Crippen LogP contribution in [0.2, 0.25) is 0 Å². The van der Waals surface area contributed by atoms with Crippen LogP contribution in [0.3, 0.4) is 0 Å². The summed E-state index contributed by atoms with van der Waals surface area (Å²) >= 11 is 0. The standard InChI is InChI=1S/C13H22O2/c1-10-5-4-7-12(2,14)13(10)8-6-11(9-13)15-3/h5,11,14H,4,6-9H2,1-3H3/t11-,12+,13-/m0/s1. The number of hydrogen-bond donors (Lipinski definition) is 1. The van der Waals surface area contributed by atoms with Crippen molar-refractivity contribution in [3.63, 3.8) is 0 Å². The normalized spacial score (nSPS) is 45.9. The molecule has 15 heavy (non-hydrogen) atoms. The molecule has 0 aromatic rings. The van der Waals surface area contributed by atoms with E-state index in [9.17, 15) is 5.11 Å². The van der Waals surface area contributed by atoms with Crippen LogP contribution in [-0.2, 0) is 4.74 Å². The third-order valence-electron chi connectivity index (χ3n) is 4.67. The highest BCUT2D eigenvalue weighted by molar-refractivity contribution is 5.24. The van der Waals surface area contributed by atoms with E-state index in [1.54, 1.807) is 7.11 Å². The lowest BCUT2D eigenvalue weighted by Gasteiger charge is -2.47. The zero-order valence-corrected chi connectivity index (χ0v) is 10.0. The Bertz CT molecular complexity index is 280. The summed E-state index contributed by atoms with van der Waals surface area (Å²) in [4.78, 5) is 0. The summed E-state index contributed by atoms with van der Waals surface area (Å²) in [6.45, 7) is 4.17. The van der Waals surface area contributed by atoms with E-state index in [-0.39, 0.29) is 5.41 Å². The molecule has 1 spiro atoms. The molecule has 1 N–H and O–H groups in total. The predicted octanol–water partition coefficient (Wildman–Crippen LogP) is 2.66. The number of hydrogen-bond acceptors (Lipinski definition) is 2. The molecule has 0 aromatic heterocycles. The molecule has 2 nitrogen and oxygen atoms in total. The highest BCUT2D eigenvalue weighted by Crippen LogP contribution is 2.55. The van der Waals surface area contributed by atoms with Gasteiger partial charge >= 0.3 is 0 Å². The third kappa shape index (κ3) is 1.55. The maximum Gasteiger partial charge on any atom is 0.0716 e. The van der Waals surface area contributed by atoms with Crippen molar-refractivity contribution in [2.75, 3.05) is 7.11 Å². The first-order chi connectivity index (χ1) is 7.02. The molecule has 86 valence electrons. The van der Waals surface area contributed by atoms with Crippen LogP contribution < -0.4 is 0 Å². The van der Waals surface area contributed by atoms with E-state index >= 15 is 0 Å². The van der Waals surface area contributed by atoms with Crippen molar-refractivity contribution < 1.29 is 9.84 Å². The number of methoxy groups -OCH3 is 1. The maximum atomic E-state index is 10.6. The second kappa shape index (κ2) is 3.60. The molecule has 1 saturated carbocycles. The van der Waals surface area contributed by atoms with Crippen molar-refractivity contribution >= 4 is 0 Å². The van der Waals surface area contributed by atoms with Gasteiger partial charge in [-0.1, -0.05) is 11.6 Å². The molecule has 0 unspecified atom stereocenters. The van der Waals surface area contributed by atoms with Crippen LogP contribution in [0.1, 0.15) is 46.0 Å². The summed E-state index contributed by atoms with van der Waals surface area (Å²) in [5.74, 6) is 0. The lowest BCUT2D eigenvalue weighted by molar-refractivity contribution is -0.0654. The number of ether oxygens (including phenoxy) is 1. The summed E-state index contributed by atoms with van der Waals surface area (Å²) in [5.41, 5.74) is 0.823. The van der Waals surface area contributed by atoms with Crippen molar-refractivity contribution in [2.45, 2.75) is 57.7 Å². The van der Waals surface area contributed by atoms with E-state index in [0.717, 1.165) is 32.1 Å². The lowest BCUT2D eigenvalue weighted by atomic mass is 9.62. The lowest BCUT2D eigenvalue weighted by Crippen LogP contribution is -2.47. The first-order valence-corrected chi connectivity index (χ1v) is 5.94. The minimum atomic E-state index is -0.543. The van der Waals surface area contributed by atoms with Gasteiger partial charge < -0.3 is 9.84 Å². The highest BCUT2D eigenvalue weighted by Gasteiger charge is 2.53. The molecule has 1 fully saturated rings. The van der Waals surface area contributed by atoms with Gasteiger partial charge in [0.05, 0.1) is 11.7 Å². The summed E-state index contributed by atoms with van der Waals surface area (Å²) in [6, 6.07) is 0. The summed E-state index contributed by atoms with van der Waals surface area (Å²) in [5, 5.41) is 10.6. The van der Waals surface area contributed by atoms with E-state index in [1.807, 2.05) is 6.92 Å². The van der Waals surface area contributed by atoms with Gasteiger partial charge in [0, 0.05) is 12.5 Å². The Hall–Kier alpha value is -0.340. The molecule has 0 saturated heterocycles. The van der Waals surface area contributed by atoms with Crippen molar-refractivity contribution in [2.24, 2.45) is 5.41 Å². The van der Waals surface area contributed by atoms with E-state index in [1.165, 1.54) is 5.57 Å². The molecular formula is C13H22O2. The van der Waals surface area contributed by atoms with Gasteiger partial charge in [0.2, 0.25) is 0 Å². The molecule has 2 heteroatoms. The van der Waals surface area contributed by atoms with Gasteiger partial charge in [0.25, 0.3) is 0 Å². The Morgan fingerprint density at radius 2 is 2.20 bits per heavy atom. The summed E-state index contributed by atoms with van der Waals surface area (Å²) in [7, 11) is 1.78. The molecular weight excluding hydrogens is 188 g/mol. The first-order valence-electron chi connectivity index (χ1n) is 5.94. The fraction of sp³-hybridized carbons (Fsp3) is 0.846. The average molecular weight is 210 g/mol. The minimum absolute atomic E-state index is 0.00801. The van der Waals surface area contributed by atoms with Crippen molar-refractivity contribution in [3.8, 4) is 0 Å². The van der Waals surface area contributed by atoms with Crippen molar-refractivity contribution in [3.05, 3.63) is 11.6 Å². The zero-order chi connectivity index (χ0) is 11.1. The molecule has 3 atom stereocenters. The number of aliphatic hydroxyl groups is 1. The monoisotopic (exact) mass is 210 g/mol. The average Bonchev–Trinajstić information content (AvgIpc) is 2.60. The molecule has 0 aromatic carbocycles. The molecule has 0 bridgehead atoms. The topological polar surface area (TPSA) is 29.5 Å². The van der Waals surface area contributed by atoms with E-state index in [2.05, 4.69) is 13.0 Å². The Morgan fingerprint density at radius 1 is 1.47 bits per heavy atom. The number of allylic oxidation sites excluding steroid dienone is 1. The van der Waals surface area contributed by atoms with E-state index in [0.29, 0.717) is 6.10 Å². The van der Waals surface area contributed by atoms with Crippen LogP contribution in [0.25, 0.3) is 0 Å².